The summed E-state index contributed by atoms with van der Waals surface area (Å²) in [5.41, 5.74) is 7.35. The molecule has 0 spiro atoms. The predicted octanol–water partition coefficient (Wildman–Crippen LogP) is 2.48. The van der Waals surface area contributed by atoms with Gasteiger partial charge in [-0.1, -0.05) is 12.1 Å². The van der Waals surface area contributed by atoms with Crippen molar-refractivity contribution >= 4 is 11.5 Å². The van der Waals surface area contributed by atoms with E-state index in [2.05, 4.69) is 0 Å². The second-order valence-electron chi connectivity index (χ2n) is 3.99. The Labute approximate surface area is 111 Å². The van der Waals surface area contributed by atoms with E-state index in [0.717, 1.165) is 0 Å². The highest BCUT2D eigenvalue weighted by atomic mass is 16.7. The molecule has 0 saturated carbocycles. The fraction of sp³-hybridized carbons (Fsp3) is 0.133. The number of rotatable bonds is 5. The predicted molar refractivity (Wildman–Crippen MR) is 73.2 cm³/mol. The van der Waals surface area contributed by atoms with Crippen molar-refractivity contribution in [3.63, 3.8) is 0 Å². The van der Waals surface area contributed by atoms with Crippen LogP contribution in [0.2, 0.25) is 0 Å². The summed E-state index contributed by atoms with van der Waals surface area (Å²) in [6, 6.07) is 13.9. The molecule has 2 aromatic rings. The average molecular weight is 257 g/mol. The van der Waals surface area contributed by atoms with E-state index in [9.17, 15) is 4.79 Å². The fourth-order valence-electron chi connectivity index (χ4n) is 1.69. The van der Waals surface area contributed by atoms with E-state index in [1.807, 2.05) is 0 Å². The van der Waals surface area contributed by atoms with Gasteiger partial charge in [0.25, 0.3) is 0 Å². The van der Waals surface area contributed by atoms with Crippen LogP contribution in [-0.4, -0.2) is 19.7 Å². The summed E-state index contributed by atoms with van der Waals surface area (Å²) >= 11 is 0. The van der Waals surface area contributed by atoms with Gasteiger partial charge in [-0.3, -0.25) is 4.79 Å². The van der Waals surface area contributed by atoms with Gasteiger partial charge in [0.15, 0.2) is 12.6 Å². The molecule has 0 saturated heterocycles. The monoisotopic (exact) mass is 257 g/mol. The normalized spacial score (nSPS) is 10.2. The van der Waals surface area contributed by atoms with Crippen LogP contribution in [0.4, 0.5) is 5.69 Å². The van der Waals surface area contributed by atoms with Crippen molar-refractivity contribution in [3.05, 3.63) is 59.7 Å². The molecule has 4 nitrogen and oxygen atoms in total. The van der Waals surface area contributed by atoms with Gasteiger partial charge in [-0.2, -0.15) is 0 Å². The van der Waals surface area contributed by atoms with Crippen molar-refractivity contribution in [2.75, 3.05) is 19.6 Å². The van der Waals surface area contributed by atoms with E-state index in [0.29, 0.717) is 22.6 Å². The third-order valence-corrected chi connectivity index (χ3v) is 2.67. The third kappa shape index (κ3) is 3.11. The van der Waals surface area contributed by atoms with Crippen molar-refractivity contribution in [2.45, 2.75) is 0 Å². The molecule has 2 N–H and O–H groups in total. The van der Waals surface area contributed by atoms with E-state index < -0.39 is 0 Å². The van der Waals surface area contributed by atoms with Crippen LogP contribution in [0.25, 0.3) is 0 Å². The van der Waals surface area contributed by atoms with E-state index in [1.54, 1.807) is 55.6 Å². The quantitative estimate of drug-likeness (QED) is 0.508. The first-order chi connectivity index (χ1) is 9.22. The fourth-order valence-corrected chi connectivity index (χ4v) is 1.69. The number of carbonyl (C=O) groups excluding carboxylic acids is 1. The first-order valence-electron chi connectivity index (χ1n) is 5.83. The lowest BCUT2D eigenvalue weighted by atomic mass is 10.0. The largest absolute Gasteiger partial charge is 0.468 e. The van der Waals surface area contributed by atoms with Gasteiger partial charge in [-0.15, -0.1) is 0 Å². The smallest absolute Gasteiger partial charge is 0.195 e. The molecule has 0 aliphatic carbocycles. The summed E-state index contributed by atoms with van der Waals surface area (Å²) in [4.78, 5) is 12.2. The number of ketones is 1. The number of nitrogen functional groups attached to an aromatic ring is 1. The first-order valence-corrected chi connectivity index (χ1v) is 5.83. The molecule has 19 heavy (non-hydrogen) atoms. The minimum absolute atomic E-state index is 0.101. The van der Waals surface area contributed by atoms with Gasteiger partial charge in [0.05, 0.1) is 0 Å². The maximum absolute atomic E-state index is 12.2. The molecule has 98 valence electrons. The molecule has 0 amide bonds. The number of hydrogen-bond acceptors (Lipinski definition) is 4. The molecule has 0 atom stereocenters. The summed E-state index contributed by atoms with van der Waals surface area (Å²) in [5.74, 6) is 0.552. The molecule has 0 fully saturated rings. The van der Waals surface area contributed by atoms with Crippen LogP contribution >= 0.6 is 0 Å². The number of methoxy groups -OCH3 is 1. The topological polar surface area (TPSA) is 61.5 Å². The summed E-state index contributed by atoms with van der Waals surface area (Å²) in [7, 11) is 1.55. The second-order valence-corrected chi connectivity index (χ2v) is 3.99. The van der Waals surface area contributed by atoms with Crippen molar-refractivity contribution in [1.29, 1.82) is 0 Å². The summed E-state index contributed by atoms with van der Waals surface area (Å²) in [5, 5.41) is 0. The summed E-state index contributed by atoms with van der Waals surface area (Å²) < 4.78 is 10.1. The number of benzene rings is 2. The van der Waals surface area contributed by atoms with Gasteiger partial charge in [-0.25, -0.2) is 0 Å². The molecule has 2 rings (SSSR count). The first kappa shape index (κ1) is 13.1. The molecule has 0 radical (unpaired) electrons. The molecular weight excluding hydrogens is 242 g/mol. The van der Waals surface area contributed by atoms with Gasteiger partial charge in [0.1, 0.15) is 5.75 Å². The number of anilines is 1. The Morgan fingerprint density at radius 2 is 1.79 bits per heavy atom. The van der Waals surface area contributed by atoms with Crippen LogP contribution in [0.3, 0.4) is 0 Å². The van der Waals surface area contributed by atoms with Gasteiger partial charge < -0.3 is 15.2 Å². The van der Waals surface area contributed by atoms with Crippen molar-refractivity contribution in [1.82, 2.24) is 0 Å². The number of nitrogens with two attached hydrogens (primary N) is 1. The minimum atomic E-state index is -0.101. The molecule has 0 aromatic heterocycles. The Morgan fingerprint density at radius 3 is 2.42 bits per heavy atom. The number of para-hydroxylation sites is 1. The highest BCUT2D eigenvalue weighted by Gasteiger charge is 2.11. The third-order valence-electron chi connectivity index (χ3n) is 2.67. The number of carbonyl (C=O) groups is 1. The zero-order valence-corrected chi connectivity index (χ0v) is 10.6. The zero-order chi connectivity index (χ0) is 13.7. The molecule has 0 aliphatic heterocycles. The Bertz CT molecular complexity index is 564. The molecular formula is C15H15NO3. The van der Waals surface area contributed by atoms with E-state index in [4.69, 9.17) is 15.2 Å². The van der Waals surface area contributed by atoms with E-state index in [-0.39, 0.29) is 12.6 Å². The van der Waals surface area contributed by atoms with E-state index >= 15 is 0 Å². The summed E-state index contributed by atoms with van der Waals surface area (Å²) in [6.45, 7) is 0.179. The summed E-state index contributed by atoms with van der Waals surface area (Å²) in [6.07, 6.45) is 0. The standard InChI is InChI=1S/C15H15NO3/c1-18-10-19-12-8-6-11(7-9-12)15(17)13-4-2-3-5-14(13)16/h2-9H,10,16H2,1H3. The Kier molecular flexibility index (Phi) is 4.15. The lowest BCUT2D eigenvalue weighted by molar-refractivity contribution is 0.0511. The Morgan fingerprint density at radius 1 is 1.11 bits per heavy atom. The maximum atomic E-state index is 12.2. The van der Waals surface area contributed by atoms with Crippen LogP contribution < -0.4 is 10.5 Å². The minimum Gasteiger partial charge on any atom is -0.468 e. The van der Waals surface area contributed by atoms with Gasteiger partial charge in [0, 0.05) is 23.9 Å². The number of hydrogen-bond donors (Lipinski definition) is 1. The molecule has 0 aliphatic rings. The van der Waals surface area contributed by atoms with Crippen molar-refractivity contribution in [2.24, 2.45) is 0 Å². The second kappa shape index (κ2) is 6.02. The molecule has 0 unspecified atom stereocenters. The van der Waals surface area contributed by atoms with Crippen LogP contribution in [0.15, 0.2) is 48.5 Å². The maximum Gasteiger partial charge on any atom is 0.195 e. The van der Waals surface area contributed by atoms with Crippen molar-refractivity contribution in [3.8, 4) is 5.75 Å². The average Bonchev–Trinajstić information content (AvgIpc) is 2.45. The molecule has 0 bridgehead atoms. The molecule has 4 heteroatoms. The van der Waals surface area contributed by atoms with Crippen LogP contribution in [0, 0.1) is 0 Å². The highest BCUT2D eigenvalue weighted by Crippen LogP contribution is 2.18. The van der Waals surface area contributed by atoms with Crippen molar-refractivity contribution < 1.29 is 14.3 Å². The highest BCUT2D eigenvalue weighted by molar-refractivity contribution is 6.12. The molecule has 0 heterocycles. The lowest BCUT2D eigenvalue weighted by Gasteiger charge is -2.07. The van der Waals surface area contributed by atoms with Crippen LogP contribution in [0.1, 0.15) is 15.9 Å². The van der Waals surface area contributed by atoms with Gasteiger partial charge in [-0.05, 0) is 36.4 Å². The van der Waals surface area contributed by atoms with Gasteiger partial charge >= 0.3 is 0 Å². The lowest BCUT2D eigenvalue weighted by Crippen LogP contribution is -2.05. The Balaban J connectivity index is 2.18. The van der Waals surface area contributed by atoms with Crippen LogP contribution in [-0.2, 0) is 4.74 Å². The SMILES string of the molecule is COCOc1ccc(C(=O)c2ccccc2N)cc1. The Hall–Kier alpha value is -2.33. The molecule has 2 aromatic carbocycles. The van der Waals surface area contributed by atoms with Crippen LogP contribution in [0.5, 0.6) is 5.75 Å². The van der Waals surface area contributed by atoms with Gasteiger partial charge in [0.2, 0.25) is 0 Å². The van der Waals surface area contributed by atoms with E-state index in [1.165, 1.54) is 0 Å². The number of ether oxygens (including phenoxy) is 2. The zero-order valence-electron chi connectivity index (χ0n) is 10.6.